The van der Waals surface area contributed by atoms with Gasteiger partial charge in [-0.05, 0) is 24.7 Å². The maximum Gasteiger partial charge on any atom is 0.394 e. The summed E-state index contributed by atoms with van der Waals surface area (Å²) in [6.07, 6.45) is -2.63. The summed E-state index contributed by atoms with van der Waals surface area (Å²) in [6, 6.07) is 0. The number of halogens is 3. The van der Waals surface area contributed by atoms with Gasteiger partial charge in [-0.1, -0.05) is 20.8 Å². The predicted octanol–water partition coefficient (Wildman–Crippen LogP) is 3.62. The van der Waals surface area contributed by atoms with Gasteiger partial charge >= 0.3 is 6.18 Å². The number of hydrogen-bond acceptors (Lipinski definition) is 0. The summed E-state index contributed by atoms with van der Waals surface area (Å²) in [4.78, 5) is 0. The molecule has 1 aliphatic rings. The molecule has 0 aromatic rings. The quantitative estimate of drug-likeness (QED) is 0.534. The minimum Gasteiger partial charge on any atom is -0.170 e. The molecule has 2 unspecified atom stereocenters. The predicted molar refractivity (Wildman–Crippen MR) is 41.7 cm³/mol. The van der Waals surface area contributed by atoms with Crippen molar-refractivity contribution in [3.8, 4) is 0 Å². The first-order chi connectivity index (χ1) is 5.30. The van der Waals surface area contributed by atoms with Crippen LogP contribution < -0.4 is 0 Å². The SMILES string of the molecule is CC1CCC(C)C1(C)C(F)(F)F. The van der Waals surface area contributed by atoms with Crippen molar-refractivity contribution in [3.63, 3.8) is 0 Å². The molecule has 0 amide bonds. The third kappa shape index (κ3) is 1.14. The molecule has 12 heavy (non-hydrogen) atoms. The van der Waals surface area contributed by atoms with Crippen LogP contribution in [0, 0.1) is 17.3 Å². The van der Waals surface area contributed by atoms with Crippen molar-refractivity contribution in [2.24, 2.45) is 17.3 Å². The lowest BCUT2D eigenvalue weighted by Gasteiger charge is -2.35. The summed E-state index contributed by atoms with van der Waals surface area (Å²) in [5.74, 6) is -0.458. The second-order valence-electron chi connectivity index (χ2n) is 4.16. The third-order valence-corrected chi connectivity index (χ3v) is 3.69. The summed E-state index contributed by atoms with van der Waals surface area (Å²) in [5, 5.41) is 0. The van der Waals surface area contributed by atoms with Crippen molar-refractivity contribution in [2.75, 3.05) is 0 Å². The first kappa shape index (κ1) is 9.87. The van der Waals surface area contributed by atoms with Crippen molar-refractivity contribution in [1.29, 1.82) is 0 Å². The van der Waals surface area contributed by atoms with E-state index >= 15 is 0 Å². The minimum atomic E-state index is -4.04. The molecular weight excluding hydrogens is 165 g/mol. The highest BCUT2D eigenvalue weighted by molar-refractivity contribution is 4.96. The van der Waals surface area contributed by atoms with E-state index in [0.29, 0.717) is 12.8 Å². The van der Waals surface area contributed by atoms with E-state index in [4.69, 9.17) is 0 Å². The summed E-state index contributed by atoms with van der Waals surface area (Å²) in [5.41, 5.74) is -1.45. The molecule has 2 atom stereocenters. The highest BCUT2D eigenvalue weighted by atomic mass is 19.4. The molecule has 0 N–H and O–H groups in total. The molecule has 0 aliphatic heterocycles. The summed E-state index contributed by atoms with van der Waals surface area (Å²) >= 11 is 0. The molecule has 0 spiro atoms. The van der Waals surface area contributed by atoms with Crippen molar-refractivity contribution in [1.82, 2.24) is 0 Å². The topological polar surface area (TPSA) is 0 Å². The second kappa shape index (κ2) is 2.64. The van der Waals surface area contributed by atoms with Crippen LogP contribution in [-0.4, -0.2) is 6.18 Å². The number of alkyl halides is 3. The largest absolute Gasteiger partial charge is 0.394 e. The van der Waals surface area contributed by atoms with E-state index < -0.39 is 11.6 Å². The van der Waals surface area contributed by atoms with Crippen LogP contribution in [0.5, 0.6) is 0 Å². The highest BCUT2D eigenvalue weighted by Crippen LogP contribution is 2.56. The van der Waals surface area contributed by atoms with Crippen LogP contribution in [0.4, 0.5) is 13.2 Å². The van der Waals surface area contributed by atoms with E-state index in [1.165, 1.54) is 6.92 Å². The Morgan fingerprint density at radius 3 is 1.58 bits per heavy atom. The van der Waals surface area contributed by atoms with Crippen molar-refractivity contribution in [3.05, 3.63) is 0 Å². The van der Waals surface area contributed by atoms with Crippen LogP contribution in [0.2, 0.25) is 0 Å². The van der Waals surface area contributed by atoms with Crippen LogP contribution in [-0.2, 0) is 0 Å². The molecule has 1 rings (SSSR count). The van der Waals surface area contributed by atoms with Gasteiger partial charge in [-0.3, -0.25) is 0 Å². The molecule has 0 saturated heterocycles. The Morgan fingerprint density at radius 1 is 1.08 bits per heavy atom. The second-order valence-corrected chi connectivity index (χ2v) is 4.16. The van der Waals surface area contributed by atoms with Crippen molar-refractivity contribution in [2.45, 2.75) is 39.8 Å². The van der Waals surface area contributed by atoms with E-state index in [-0.39, 0.29) is 11.8 Å². The van der Waals surface area contributed by atoms with Gasteiger partial charge in [0, 0.05) is 0 Å². The van der Waals surface area contributed by atoms with Gasteiger partial charge < -0.3 is 0 Å². The Balaban J connectivity index is 2.94. The maximum absolute atomic E-state index is 12.6. The molecular formula is C9H15F3. The van der Waals surface area contributed by atoms with Crippen LogP contribution >= 0.6 is 0 Å². The monoisotopic (exact) mass is 180 g/mol. The molecule has 3 heteroatoms. The summed E-state index contributed by atoms with van der Waals surface area (Å²) in [6.45, 7) is 4.77. The van der Waals surface area contributed by atoms with Crippen LogP contribution in [0.1, 0.15) is 33.6 Å². The Kier molecular flexibility index (Phi) is 2.17. The molecule has 0 aromatic carbocycles. The Bertz CT molecular complexity index is 161. The van der Waals surface area contributed by atoms with E-state index in [1.807, 2.05) is 0 Å². The van der Waals surface area contributed by atoms with Gasteiger partial charge in [-0.25, -0.2) is 0 Å². The number of hydrogen-bond donors (Lipinski definition) is 0. The fraction of sp³-hybridized carbons (Fsp3) is 1.00. The zero-order valence-corrected chi connectivity index (χ0v) is 7.70. The molecule has 1 saturated carbocycles. The van der Waals surface area contributed by atoms with E-state index in [1.54, 1.807) is 13.8 Å². The van der Waals surface area contributed by atoms with Gasteiger partial charge in [0.25, 0.3) is 0 Å². The summed E-state index contributed by atoms with van der Waals surface area (Å²) < 4.78 is 37.9. The molecule has 1 aliphatic carbocycles. The lowest BCUT2D eigenvalue weighted by Crippen LogP contribution is -2.41. The smallest absolute Gasteiger partial charge is 0.170 e. The van der Waals surface area contributed by atoms with Gasteiger partial charge in [0.2, 0.25) is 0 Å². The van der Waals surface area contributed by atoms with Gasteiger partial charge in [-0.15, -0.1) is 0 Å². The lowest BCUT2D eigenvalue weighted by molar-refractivity contribution is -0.240. The van der Waals surface area contributed by atoms with Crippen molar-refractivity contribution >= 4 is 0 Å². The molecule has 72 valence electrons. The minimum absolute atomic E-state index is 0.229. The van der Waals surface area contributed by atoms with Crippen LogP contribution in [0.25, 0.3) is 0 Å². The van der Waals surface area contributed by atoms with E-state index in [2.05, 4.69) is 0 Å². The molecule has 0 aromatic heterocycles. The zero-order valence-electron chi connectivity index (χ0n) is 7.70. The van der Waals surface area contributed by atoms with Crippen LogP contribution in [0.3, 0.4) is 0 Å². The Hall–Kier alpha value is -0.210. The van der Waals surface area contributed by atoms with Crippen molar-refractivity contribution < 1.29 is 13.2 Å². The normalized spacial score (nSPS) is 43.5. The van der Waals surface area contributed by atoms with E-state index in [9.17, 15) is 13.2 Å². The molecule has 1 fully saturated rings. The molecule has 0 bridgehead atoms. The van der Waals surface area contributed by atoms with Gasteiger partial charge in [0.05, 0.1) is 5.41 Å². The average Bonchev–Trinajstić information content (AvgIpc) is 2.16. The molecule has 0 nitrogen and oxygen atoms in total. The van der Waals surface area contributed by atoms with Gasteiger partial charge in [-0.2, -0.15) is 13.2 Å². The Morgan fingerprint density at radius 2 is 1.42 bits per heavy atom. The van der Waals surface area contributed by atoms with Gasteiger partial charge in [0.15, 0.2) is 0 Å². The fourth-order valence-corrected chi connectivity index (χ4v) is 2.14. The standard InChI is InChI=1S/C9H15F3/c1-6-4-5-7(2)8(6,3)9(10,11)12/h6-7H,4-5H2,1-3H3. The number of rotatable bonds is 0. The third-order valence-electron chi connectivity index (χ3n) is 3.69. The van der Waals surface area contributed by atoms with Crippen LogP contribution in [0.15, 0.2) is 0 Å². The highest BCUT2D eigenvalue weighted by Gasteiger charge is 2.59. The first-order valence-corrected chi connectivity index (χ1v) is 4.37. The van der Waals surface area contributed by atoms with Gasteiger partial charge in [0.1, 0.15) is 0 Å². The first-order valence-electron chi connectivity index (χ1n) is 4.37. The lowest BCUT2D eigenvalue weighted by atomic mass is 9.74. The van der Waals surface area contributed by atoms with E-state index in [0.717, 1.165) is 0 Å². The molecule has 0 radical (unpaired) electrons. The Labute approximate surface area is 71.1 Å². The zero-order chi connectivity index (χ0) is 9.57. The fourth-order valence-electron chi connectivity index (χ4n) is 2.14. The summed E-state index contributed by atoms with van der Waals surface area (Å²) in [7, 11) is 0. The average molecular weight is 180 g/mol. The maximum atomic E-state index is 12.6. The molecule has 0 heterocycles.